The van der Waals surface area contributed by atoms with Crippen molar-refractivity contribution in [2.24, 2.45) is 10.1 Å². The summed E-state index contributed by atoms with van der Waals surface area (Å²) in [4.78, 5) is 4.49. The van der Waals surface area contributed by atoms with E-state index in [1.54, 1.807) is 25.3 Å². The Kier molecular flexibility index (Phi) is 4.92. The number of ether oxygens (including phenoxy) is 1. The summed E-state index contributed by atoms with van der Waals surface area (Å²) in [5.74, 6) is 1.16. The first-order valence-electron chi connectivity index (χ1n) is 7.14. The molecule has 0 aromatic heterocycles. The normalized spacial score (nSPS) is 15.9. The van der Waals surface area contributed by atoms with E-state index >= 15 is 0 Å². The van der Waals surface area contributed by atoms with Crippen molar-refractivity contribution >= 4 is 22.6 Å². The number of aliphatic imine (C=N–C) groups is 1. The molecule has 0 amide bonds. The molecular weight excluding hydrogens is 313 g/mol. The summed E-state index contributed by atoms with van der Waals surface area (Å²) in [5.41, 5.74) is 5.21. The zero-order valence-corrected chi connectivity index (χ0v) is 13.4. The molecule has 118 valence electrons. The van der Waals surface area contributed by atoms with Gasteiger partial charge >= 0.3 is 0 Å². The van der Waals surface area contributed by atoms with Gasteiger partial charge in [0, 0.05) is 11.3 Å². The molecule has 4 nitrogen and oxygen atoms in total. The second kappa shape index (κ2) is 7.28. The Morgan fingerprint density at radius 2 is 2.00 bits per heavy atom. The summed E-state index contributed by atoms with van der Waals surface area (Å²) in [6.45, 7) is 0.559. The second-order valence-corrected chi connectivity index (χ2v) is 5.87. The number of nitrogens with zero attached hydrogens (tertiary/aromatic N) is 2. The first-order chi connectivity index (χ1) is 11.3. The molecule has 1 N–H and O–H groups in total. The van der Waals surface area contributed by atoms with Crippen LogP contribution in [0.3, 0.4) is 0 Å². The smallest absolute Gasteiger partial charge is 0.177 e. The van der Waals surface area contributed by atoms with Gasteiger partial charge in [0.2, 0.25) is 0 Å². The van der Waals surface area contributed by atoms with Crippen LogP contribution >= 0.6 is 11.8 Å². The van der Waals surface area contributed by atoms with Gasteiger partial charge in [-0.05, 0) is 23.8 Å². The van der Waals surface area contributed by atoms with E-state index in [1.165, 1.54) is 17.8 Å². The van der Waals surface area contributed by atoms with E-state index in [2.05, 4.69) is 15.5 Å². The van der Waals surface area contributed by atoms with Gasteiger partial charge < -0.3 is 4.74 Å². The number of hydrazone groups is 1. The third kappa shape index (κ3) is 3.90. The van der Waals surface area contributed by atoms with Crippen molar-refractivity contribution in [3.63, 3.8) is 0 Å². The van der Waals surface area contributed by atoms with Gasteiger partial charge in [-0.15, -0.1) is 0 Å². The maximum Gasteiger partial charge on any atom is 0.177 e. The van der Waals surface area contributed by atoms with Crippen LogP contribution in [-0.4, -0.2) is 23.7 Å². The lowest BCUT2D eigenvalue weighted by Crippen LogP contribution is -2.26. The maximum atomic E-state index is 13.7. The summed E-state index contributed by atoms with van der Waals surface area (Å²) in [6.07, 6.45) is 0. The lowest BCUT2D eigenvalue weighted by Gasteiger charge is -2.15. The average molecular weight is 329 g/mol. The minimum atomic E-state index is -0.257. The van der Waals surface area contributed by atoms with Gasteiger partial charge in [0.25, 0.3) is 0 Å². The lowest BCUT2D eigenvalue weighted by molar-refractivity contribution is 0.414. The number of methoxy groups -OCH3 is 1. The van der Waals surface area contributed by atoms with Gasteiger partial charge in [0.05, 0.1) is 19.4 Å². The van der Waals surface area contributed by atoms with Crippen molar-refractivity contribution in [3.05, 3.63) is 65.5 Å². The SMILES string of the molecule is COc1ccc(CN=C2NN=C(c3ccccc3F)CS2)cc1. The zero-order chi connectivity index (χ0) is 16.1. The first-order valence-corrected chi connectivity index (χ1v) is 8.12. The molecular formula is C17H16FN3OS. The van der Waals surface area contributed by atoms with Gasteiger partial charge in [-0.25, -0.2) is 4.39 Å². The van der Waals surface area contributed by atoms with Gasteiger partial charge in [-0.3, -0.25) is 10.4 Å². The van der Waals surface area contributed by atoms with Crippen LogP contribution in [0.1, 0.15) is 11.1 Å². The van der Waals surface area contributed by atoms with Crippen LogP contribution in [0.4, 0.5) is 4.39 Å². The largest absolute Gasteiger partial charge is 0.497 e. The average Bonchev–Trinajstić information content (AvgIpc) is 2.61. The number of hydrogen-bond acceptors (Lipinski definition) is 4. The molecule has 0 radical (unpaired) electrons. The molecule has 0 spiro atoms. The van der Waals surface area contributed by atoms with Crippen molar-refractivity contribution < 1.29 is 9.13 Å². The highest BCUT2D eigenvalue weighted by Crippen LogP contribution is 2.17. The first kappa shape index (κ1) is 15.6. The molecule has 0 saturated carbocycles. The highest BCUT2D eigenvalue weighted by atomic mass is 32.2. The number of halogens is 1. The third-order valence-corrected chi connectivity index (χ3v) is 4.29. The van der Waals surface area contributed by atoms with E-state index in [0.717, 1.165) is 16.5 Å². The van der Waals surface area contributed by atoms with E-state index in [-0.39, 0.29) is 5.82 Å². The van der Waals surface area contributed by atoms with E-state index in [4.69, 9.17) is 4.74 Å². The summed E-state index contributed by atoms with van der Waals surface area (Å²) in [6, 6.07) is 14.4. The second-order valence-electron chi connectivity index (χ2n) is 4.91. The monoisotopic (exact) mass is 329 g/mol. The molecule has 3 rings (SSSR count). The van der Waals surface area contributed by atoms with Crippen LogP contribution in [0.2, 0.25) is 0 Å². The van der Waals surface area contributed by atoms with Crippen LogP contribution in [0.25, 0.3) is 0 Å². The number of amidine groups is 1. The molecule has 0 aliphatic carbocycles. The molecule has 6 heteroatoms. The van der Waals surface area contributed by atoms with Gasteiger partial charge in [-0.2, -0.15) is 5.10 Å². The highest BCUT2D eigenvalue weighted by Gasteiger charge is 2.15. The van der Waals surface area contributed by atoms with E-state index < -0.39 is 0 Å². The molecule has 23 heavy (non-hydrogen) atoms. The molecule has 1 aliphatic heterocycles. The predicted molar refractivity (Wildman–Crippen MR) is 92.7 cm³/mol. The molecule has 0 unspecified atom stereocenters. The molecule has 2 aromatic rings. The number of rotatable bonds is 4. The van der Waals surface area contributed by atoms with Crippen molar-refractivity contribution in [2.45, 2.75) is 6.54 Å². The summed E-state index contributed by atoms with van der Waals surface area (Å²) in [7, 11) is 1.64. The number of benzene rings is 2. The van der Waals surface area contributed by atoms with Crippen molar-refractivity contribution in [3.8, 4) is 5.75 Å². The van der Waals surface area contributed by atoms with Crippen LogP contribution in [0, 0.1) is 5.82 Å². The Morgan fingerprint density at radius 3 is 2.65 bits per heavy atom. The van der Waals surface area contributed by atoms with Gasteiger partial charge in [0.1, 0.15) is 11.6 Å². The minimum Gasteiger partial charge on any atom is -0.497 e. The Bertz CT molecular complexity index is 744. The summed E-state index contributed by atoms with van der Waals surface area (Å²) >= 11 is 1.52. The molecule has 2 aromatic carbocycles. The van der Waals surface area contributed by atoms with Crippen LogP contribution in [-0.2, 0) is 6.54 Å². The summed E-state index contributed by atoms with van der Waals surface area (Å²) < 4.78 is 18.9. The number of hydrogen-bond donors (Lipinski definition) is 1. The zero-order valence-electron chi connectivity index (χ0n) is 12.6. The molecule has 0 fully saturated rings. The number of nitrogens with one attached hydrogen (secondary N) is 1. The summed E-state index contributed by atoms with van der Waals surface area (Å²) in [5, 5.41) is 4.97. The molecule has 0 atom stereocenters. The lowest BCUT2D eigenvalue weighted by atomic mass is 10.1. The fraction of sp³-hybridized carbons (Fsp3) is 0.176. The quantitative estimate of drug-likeness (QED) is 0.935. The van der Waals surface area contributed by atoms with Gasteiger partial charge in [-0.1, -0.05) is 42.1 Å². The van der Waals surface area contributed by atoms with Gasteiger partial charge in [0.15, 0.2) is 5.17 Å². The van der Waals surface area contributed by atoms with Crippen LogP contribution in [0.15, 0.2) is 58.6 Å². The van der Waals surface area contributed by atoms with Crippen molar-refractivity contribution in [1.29, 1.82) is 0 Å². The Morgan fingerprint density at radius 1 is 1.22 bits per heavy atom. The minimum absolute atomic E-state index is 0.257. The maximum absolute atomic E-state index is 13.7. The fourth-order valence-electron chi connectivity index (χ4n) is 2.12. The molecule has 0 saturated heterocycles. The van der Waals surface area contributed by atoms with Crippen LogP contribution < -0.4 is 10.2 Å². The Balaban J connectivity index is 1.64. The molecule has 1 heterocycles. The third-order valence-electron chi connectivity index (χ3n) is 3.38. The van der Waals surface area contributed by atoms with E-state index in [9.17, 15) is 4.39 Å². The standard InChI is InChI=1S/C17H16FN3OS/c1-22-13-8-6-12(7-9-13)10-19-17-21-20-16(11-23-17)14-4-2-3-5-15(14)18/h2-9H,10-11H2,1H3,(H,19,21). The Labute approximate surface area is 138 Å². The molecule has 1 aliphatic rings. The number of thioether (sulfide) groups is 1. The fourth-order valence-corrected chi connectivity index (χ4v) is 2.88. The molecule has 0 bridgehead atoms. The van der Waals surface area contributed by atoms with Crippen LogP contribution in [0.5, 0.6) is 5.75 Å². The topological polar surface area (TPSA) is 46.0 Å². The van der Waals surface area contributed by atoms with E-state index in [1.807, 2.05) is 24.3 Å². The Hall–Kier alpha value is -2.34. The van der Waals surface area contributed by atoms with Crippen molar-refractivity contribution in [1.82, 2.24) is 5.43 Å². The van der Waals surface area contributed by atoms with E-state index in [0.29, 0.717) is 23.6 Å². The highest BCUT2D eigenvalue weighted by molar-refractivity contribution is 8.14. The predicted octanol–water partition coefficient (Wildman–Crippen LogP) is 3.43. The van der Waals surface area contributed by atoms with Crippen molar-refractivity contribution in [2.75, 3.05) is 12.9 Å².